The Morgan fingerprint density at radius 1 is 1.07 bits per heavy atom. The molecule has 0 aliphatic heterocycles. The molecule has 1 aromatic carbocycles. The molecule has 2 aromatic rings. The fourth-order valence-electron chi connectivity index (χ4n) is 2.17. The summed E-state index contributed by atoms with van der Waals surface area (Å²) >= 11 is 0. The fraction of sp³-hybridized carbons (Fsp3) is 0.278. The quantitative estimate of drug-likeness (QED) is 0.510. The lowest BCUT2D eigenvalue weighted by Crippen LogP contribution is -2.48. The molecule has 1 atom stereocenters. The molecule has 0 saturated carbocycles. The van der Waals surface area contributed by atoms with Gasteiger partial charge in [-0.1, -0.05) is 30.3 Å². The van der Waals surface area contributed by atoms with Crippen LogP contribution in [0.1, 0.15) is 42.9 Å². The largest absolute Gasteiger partial charge is 0.444 e. The summed E-state index contributed by atoms with van der Waals surface area (Å²) in [5, 5.41) is 13.0. The summed E-state index contributed by atoms with van der Waals surface area (Å²) in [5.74, 6) is -2.66. The Labute approximate surface area is 165 Å². The number of carbonyl (C=O) groups is 3. The number of amides is 3. The maximum atomic E-state index is 12.6. The molecule has 0 unspecified atom stereocenters. The second kappa shape index (κ2) is 8.87. The van der Waals surface area contributed by atoms with E-state index in [1.54, 1.807) is 51.1 Å². The number of carbonyl (C=O) groups excluding carboxylic acids is 3. The highest BCUT2D eigenvalue weighted by atomic mass is 16.6. The van der Waals surface area contributed by atoms with Crippen LogP contribution >= 0.6 is 0 Å². The molecule has 0 saturated heterocycles. The van der Waals surface area contributed by atoms with Crippen molar-refractivity contribution >= 4 is 23.8 Å². The average molecular weight is 404 g/mol. The van der Waals surface area contributed by atoms with Crippen molar-refractivity contribution in [1.82, 2.24) is 16.2 Å². The molecular formula is C18H20N4O7. The number of alkyl carbamates (subject to hydrolysis) is 1. The lowest BCUT2D eigenvalue weighted by atomic mass is 10.1. The van der Waals surface area contributed by atoms with Crippen LogP contribution in [0.25, 0.3) is 0 Å². The standard InChI is InChI=1S/C18H20N4O7/c1-18(2,3)29-17(25)19-14(11-7-5-4-6-8-11)16(24)21-20-15(23)12-9-10-13(28-12)22(26)27/h4-10,14H,1-3H3,(H,19,25)(H,20,23)(H,21,24)/t14-/m1/s1. The lowest BCUT2D eigenvalue weighted by molar-refractivity contribution is -0.402. The molecule has 154 valence electrons. The minimum absolute atomic E-state index is 0.367. The zero-order chi connectivity index (χ0) is 21.6. The van der Waals surface area contributed by atoms with Crippen molar-refractivity contribution in [3.8, 4) is 0 Å². The van der Waals surface area contributed by atoms with Gasteiger partial charge in [-0.2, -0.15) is 0 Å². The highest BCUT2D eigenvalue weighted by Crippen LogP contribution is 2.16. The van der Waals surface area contributed by atoms with E-state index in [-0.39, 0.29) is 5.76 Å². The smallest absolute Gasteiger partial charge is 0.433 e. The third-order valence-electron chi connectivity index (χ3n) is 3.35. The Balaban J connectivity index is 2.07. The van der Waals surface area contributed by atoms with Crippen molar-refractivity contribution < 1.29 is 28.5 Å². The molecule has 1 aromatic heterocycles. The number of hydrazine groups is 1. The van der Waals surface area contributed by atoms with Crippen LogP contribution in [0.3, 0.4) is 0 Å². The predicted octanol–water partition coefficient (Wildman–Crippen LogP) is 2.21. The van der Waals surface area contributed by atoms with Gasteiger partial charge in [0.2, 0.25) is 5.76 Å². The fourth-order valence-corrected chi connectivity index (χ4v) is 2.17. The van der Waals surface area contributed by atoms with Crippen LogP contribution in [0.2, 0.25) is 0 Å². The van der Waals surface area contributed by atoms with Gasteiger partial charge in [0.15, 0.2) is 0 Å². The van der Waals surface area contributed by atoms with Gasteiger partial charge in [0.05, 0.1) is 6.07 Å². The van der Waals surface area contributed by atoms with Crippen molar-refractivity contribution in [3.63, 3.8) is 0 Å². The van der Waals surface area contributed by atoms with E-state index in [4.69, 9.17) is 9.15 Å². The Morgan fingerprint density at radius 3 is 2.28 bits per heavy atom. The van der Waals surface area contributed by atoms with Crippen LogP contribution in [-0.2, 0) is 9.53 Å². The number of ether oxygens (including phenoxy) is 1. The molecule has 1 heterocycles. The maximum Gasteiger partial charge on any atom is 0.433 e. The van der Waals surface area contributed by atoms with E-state index in [0.717, 1.165) is 12.1 Å². The second-order valence-electron chi connectivity index (χ2n) is 6.83. The van der Waals surface area contributed by atoms with Gasteiger partial charge in [-0.15, -0.1) is 0 Å². The van der Waals surface area contributed by atoms with Gasteiger partial charge in [-0.3, -0.25) is 30.6 Å². The zero-order valence-electron chi connectivity index (χ0n) is 15.9. The summed E-state index contributed by atoms with van der Waals surface area (Å²) in [6.45, 7) is 5.02. The van der Waals surface area contributed by atoms with Crippen molar-refractivity contribution in [2.75, 3.05) is 0 Å². The van der Waals surface area contributed by atoms with E-state index in [2.05, 4.69) is 16.2 Å². The third kappa shape index (κ3) is 6.34. The number of nitro groups is 1. The summed E-state index contributed by atoms with van der Waals surface area (Å²) in [6, 6.07) is 9.23. The van der Waals surface area contributed by atoms with Crippen LogP contribution in [-0.4, -0.2) is 28.4 Å². The van der Waals surface area contributed by atoms with Crippen molar-refractivity contribution in [1.29, 1.82) is 0 Å². The molecule has 0 aliphatic carbocycles. The lowest BCUT2D eigenvalue weighted by Gasteiger charge is -2.23. The van der Waals surface area contributed by atoms with E-state index < -0.39 is 40.4 Å². The number of hydrogen-bond acceptors (Lipinski definition) is 7. The first kappa shape index (κ1) is 21.4. The third-order valence-corrected chi connectivity index (χ3v) is 3.35. The van der Waals surface area contributed by atoms with Crippen molar-refractivity contribution in [2.24, 2.45) is 0 Å². The number of rotatable bonds is 5. The van der Waals surface area contributed by atoms with Gasteiger partial charge in [0.25, 0.3) is 5.91 Å². The summed E-state index contributed by atoms with van der Waals surface area (Å²) in [7, 11) is 0. The highest BCUT2D eigenvalue weighted by molar-refractivity contribution is 5.94. The molecule has 3 N–H and O–H groups in total. The Bertz CT molecular complexity index is 902. The molecular weight excluding hydrogens is 384 g/mol. The normalized spacial score (nSPS) is 11.8. The van der Waals surface area contributed by atoms with Gasteiger partial charge < -0.3 is 14.5 Å². The number of hydrogen-bond donors (Lipinski definition) is 3. The van der Waals surface area contributed by atoms with Crippen LogP contribution in [0, 0.1) is 10.1 Å². The van der Waals surface area contributed by atoms with Gasteiger partial charge in [0.1, 0.15) is 16.6 Å². The highest BCUT2D eigenvalue weighted by Gasteiger charge is 2.26. The van der Waals surface area contributed by atoms with Gasteiger partial charge in [-0.25, -0.2) is 4.79 Å². The van der Waals surface area contributed by atoms with Crippen LogP contribution < -0.4 is 16.2 Å². The van der Waals surface area contributed by atoms with Crippen molar-refractivity contribution in [3.05, 3.63) is 63.9 Å². The zero-order valence-corrected chi connectivity index (χ0v) is 15.9. The summed E-state index contributed by atoms with van der Waals surface area (Å²) < 4.78 is 9.92. The van der Waals surface area contributed by atoms with E-state index in [1.807, 2.05) is 0 Å². The molecule has 0 bridgehead atoms. The summed E-state index contributed by atoms with van der Waals surface area (Å²) in [5.41, 5.74) is 3.89. The monoisotopic (exact) mass is 404 g/mol. The molecule has 0 fully saturated rings. The van der Waals surface area contributed by atoms with E-state index in [9.17, 15) is 24.5 Å². The number of benzene rings is 1. The average Bonchev–Trinajstić information content (AvgIpc) is 3.14. The van der Waals surface area contributed by atoms with Gasteiger partial charge in [-0.05, 0) is 32.4 Å². The maximum absolute atomic E-state index is 12.6. The molecule has 0 spiro atoms. The molecule has 11 nitrogen and oxygen atoms in total. The summed E-state index contributed by atoms with van der Waals surface area (Å²) in [6.07, 6.45) is -0.825. The van der Waals surface area contributed by atoms with Gasteiger partial charge in [0, 0.05) is 0 Å². The topological polar surface area (TPSA) is 153 Å². The number of furan rings is 1. The number of nitrogens with zero attached hydrogens (tertiary/aromatic N) is 1. The first-order valence-corrected chi connectivity index (χ1v) is 8.46. The van der Waals surface area contributed by atoms with E-state index in [1.165, 1.54) is 0 Å². The Morgan fingerprint density at radius 2 is 1.72 bits per heavy atom. The predicted molar refractivity (Wildman–Crippen MR) is 99.5 cm³/mol. The molecule has 0 radical (unpaired) electrons. The first-order valence-electron chi connectivity index (χ1n) is 8.46. The first-order chi connectivity index (χ1) is 13.6. The summed E-state index contributed by atoms with van der Waals surface area (Å²) in [4.78, 5) is 46.5. The van der Waals surface area contributed by atoms with Crippen LogP contribution in [0.4, 0.5) is 10.7 Å². The molecule has 11 heteroatoms. The second-order valence-corrected chi connectivity index (χ2v) is 6.83. The number of nitrogens with one attached hydrogen (secondary N) is 3. The SMILES string of the molecule is CC(C)(C)OC(=O)N[C@@H](C(=O)NNC(=O)c1ccc([N+](=O)[O-])o1)c1ccccc1. The minimum Gasteiger partial charge on any atom is -0.444 e. The molecule has 0 aliphatic rings. The molecule has 2 rings (SSSR count). The Hall–Kier alpha value is -3.89. The minimum atomic E-state index is -1.17. The van der Waals surface area contributed by atoms with Crippen LogP contribution in [0.5, 0.6) is 0 Å². The van der Waals surface area contributed by atoms with E-state index >= 15 is 0 Å². The Kier molecular flexibility index (Phi) is 6.55. The molecule has 3 amide bonds. The van der Waals surface area contributed by atoms with Crippen LogP contribution in [0.15, 0.2) is 46.9 Å². The van der Waals surface area contributed by atoms with Gasteiger partial charge >= 0.3 is 17.9 Å². The van der Waals surface area contributed by atoms with Crippen molar-refractivity contribution in [2.45, 2.75) is 32.4 Å². The molecule has 29 heavy (non-hydrogen) atoms. The van der Waals surface area contributed by atoms with E-state index in [0.29, 0.717) is 5.56 Å².